The van der Waals surface area contributed by atoms with Crippen molar-refractivity contribution in [2.75, 3.05) is 26.3 Å². The fraction of sp³-hybridized carbons (Fsp3) is 0.429. The van der Waals surface area contributed by atoms with Crippen LogP contribution in [0.2, 0.25) is 0 Å². The van der Waals surface area contributed by atoms with Crippen molar-refractivity contribution >= 4 is 56.9 Å². The molecule has 3 aromatic carbocycles. The molecule has 6 aromatic rings. The standard InChI is InChI=1S/C49H57F3N8O6S/c1-30-42(67-29-55-30)32-13-11-31(12-14-32)26-54-46(64)40-25-36(61)27-59(40)47(65)43(48(2,3)4)56-41(62)10-8-6-7-9-22-66-23-21-53-45(63)33-15-20-39-37(24-33)38-28-58(5)57-44(38)60(39)35-18-16-34(17-19-35)49(50,51)52/h11-20,24,28-29,36,40,43,61H,6-10,21-23,25-27H2,1-5H3,(H,53,63)(H,54,64)(H,56,62)/t36-,40+,43-/m0/s1. The number of fused-ring (bicyclic) bond motifs is 3. The van der Waals surface area contributed by atoms with E-state index >= 15 is 0 Å². The van der Waals surface area contributed by atoms with Gasteiger partial charge in [0.1, 0.15) is 12.1 Å². The van der Waals surface area contributed by atoms with Gasteiger partial charge in [-0.05, 0) is 78.8 Å². The van der Waals surface area contributed by atoms with Gasteiger partial charge >= 0.3 is 6.18 Å². The van der Waals surface area contributed by atoms with E-state index in [9.17, 15) is 37.5 Å². The number of likely N-dealkylation sites (tertiary alicyclic amines) is 1. The predicted molar refractivity (Wildman–Crippen MR) is 250 cm³/mol. The third-order valence-corrected chi connectivity index (χ3v) is 12.9. The zero-order valence-corrected chi connectivity index (χ0v) is 39.1. The van der Waals surface area contributed by atoms with E-state index in [0.717, 1.165) is 63.9 Å². The Labute approximate surface area is 390 Å². The number of benzene rings is 3. The minimum atomic E-state index is -4.45. The van der Waals surface area contributed by atoms with Crippen molar-refractivity contribution in [2.45, 2.75) is 97.1 Å². The van der Waals surface area contributed by atoms with Crippen LogP contribution in [0.4, 0.5) is 13.2 Å². The molecule has 3 aromatic heterocycles. The lowest BCUT2D eigenvalue weighted by Crippen LogP contribution is -2.57. The number of unbranched alkanes of at least 4 members (excludes halogenated alkanes) is 3. The van der Waals surface area contributed by atoms with Gasteiger partial charge in [0.15, 0.2) is 5.65 Å². The van der Waals surface area contributed by atoms with E-state index in [4.69, 9.17) is 4.74 Å². The Kier molecular flexibility index (Phi) is 15.2. The number of alkyl halides is 3. The van der Waals surface area contributed by atoms with Crippen LogP contribution in [0, 0.1) is 12.3 Å². The molecule has 356 valence electrons. The average Bonchev–Trinajstić information content (AvgIpc) is 4.07. The number of aryl methyl sites for hydroxylation is 2. The van der Waals surface area contributed by atoms with Crippen LogP contribution in [0.1, 0.15) is 86.5 Å². The van der Waals surface area contributed by atoms with Gasteiger partial charge in [-0.1, -0.05) is 57.9 Å². The third kappa shape index (κ3) is 11.7. The molecular formula is C49H57F3N8O6S. The molecule has 0 bridgehead atoms. The van der Waals surface area contributed by atoms with E-state index in [2.05, 4.69) is 26.0 Å². The first-order chi connectivity index (χ1) is 31.9. The van der Waals surface area contributed by atoms with Crippen molar-refractivity contribution in [1.29, 1.82) is 0 Å². The molecule has 4 amide bonds. The molecule has 0 radical (unpaired) electrons. The van der Waals surface area contributed by atoms with Crippen molar-refractivity contribution in [2.24, 2.45) is 12.5 Å². The predicted octanol–water partition coefficient (Wildman–Crippen LogP) is 7.47. The zero-order chi connectivity index (χ0) is 48.0. The molecule has 0 spiro atoms. The van der Waals surface area contributed by atoms with E-state index in [-0.39, 0.29) is 50.2 Å². The van der Waals surface area contributed by atoms with Crippen molar-refractivity contribution in [3.05, 3.63) is 101 Å². The maximum absolute atomic E-state index is 14.0. The number of nitrogens with one attached hydrogen (secondary N) is 3. The summed E-state index contributed by atoms with van der Waals surface area (Å²) in [5.74, 6) is -1.33. The van der Waals surface area contributed by atoms with Crippen LogP contribution in [0.25, 0.3) is 38.1 Å². The Morgan fingerprint density at radius 3 is 2.34 bits per heavy atom. The number of carbonyl (C=O) groups is 4. The van der Waals surface area contributed by atoms with Gasteiger partial charge in [0, 0.05) is 74.4 Å². The SMILES string of the molecule is Cc1ncsc1-c1ccc(CNC(=O)[C@H]2C[C@H](O)CN2C(=O)[C@H](NC(=O)CCCCCCOCCNC(=O)c2ccc3c(c2)c2cn(C)nc2n3-c2ccc(C(F)(F)F)cc2)C(C)(C)C)cc1. The largest absolute Gasteiger partial charge is 0.416 e. The number of aromatic nitrogens is 4. The molecule has 18 heteroatoms. The lowest BCUT2D eigenvalue weighted by molar-refractivity contribution is -0.144. The Morgan fingerprint density at radius 1 is 0.925 bits per heavy atom. The normalized spacial score (nSPS) is 15.9. The van der Waals surface area contributed by atoms with Crippen LogP contribution in [0.5, 0.6) is 0 Å². The number of amides is 4. The Balaban J connectivity index is 0.809. The number of thiazole rings is 1. The molecule has 4 N–H and O–H groups in total. The smallest absolute Gasteiger partial charge is 0.391 e. The Morgan fingerprint density at radius 2 is 1.66 bits per heavy atom. The monoisotopic (exact) mass is 942 g/mol. The molecular weight excluding hydrogens is 886 g/mol. The molecule has 1 saturated heterocycles. The highest BCUT2D eigenvalue weighted by Crippen LogP contribution is 2.35. The number of aliphatic hydroxyl groups is 1. The second kappa shape index (κ2) is 20.8. The van der Waals surface area contributed by atoms with Gasteiger partial charge < -0.3 is 30.7 Å². The number of hydrogen-bond acceptors (Lipinski definition) is 9. The van der Waals surface area contributed by atoms with Gasteiger partial charge in [0.25, 0.3) is 5.91 Å². The fourth-order valence-corrected chi connectivity index (χ4v) is 9.20. The summed E-state index contributed by atoms with van der Waals surface area (Å²) in [6.45, 7) is 8.84. The number of rotatable bonds is 18. The van der Waals surface area contributed by atoms with Gasteiger partial charge in [-0.25, -0.2) is 4.98 Å². The molecule has 3 atom stereocenters. The summed E-state index contributed by atoms with van der Waals surface area (Å²) in [7, 11) is 1.75. The quantitative estimate of drug-likeness (QED) is 0.0643. The number of halogens is 3. The maximum atomic E-state index is 14.0. The molecule has 0 saturated carbocycles. The minimum absolute atomic E-state index is 0.00279. The molecule has 0 aliphatic carbocycles. The molecule has 1 aliphatic rings. The zero-order valence-electron chi connectivity index (χ0n) is 38.3. The van der Waals surface area contributed by atoms with Gasteiger partial charge in [-0.2, -0.15) is 18.3 Å². The third-order valence-electron chi connectivity index (χ3n) is 11.9. The van der Waals surface area contributed by atoms with Crippen LogP contribution in [-0.4, -0.2) is 97.5 Å². The number of carbonyl (C=O) groups excluding carboxylic acids is 4. The second-order valence-corrected chi connectivity index (χ2v) is 19.0. The number of aliphatic hydroxyl groups excluding tert-OH is 1. The highest BCUT2D eigenvalue weighted by atomic mass is 32.1. The molecule has 4 heterocycles. The topological polar surface area (TPSA) is 173 Å². The summed E-state index contributed by atoms with van der Waals surface area (Å²) in [6, 6.07) is 16.1. The van der Waals surface area contributed by atoms with E-state index in [1.165, 1.54) is 17.0 Å². The van der Waals surface area contributed by atoms with E-state index in [1.54, 1.807) is 45.8 Å². The van der Waals surface area contributed by atoms with Crippen molar-refractivity contribution in [3.8, 4) is 16.1 Å². The van der Waals surface area contributed by atoms with Gasteiger partial charge in [-0.15, -0.1) is 11.3 Å². The Bertz CT molecular complexity index is 2710. The first-order valence-electron chi connectivity index (χ1n) is 22.5. The number of β-amino-alcohol motifs (C(OH)–C–C–N with tert-alkyl or cyclic N) is 1. The second-order valence-electron chi connectivity index (χ2n) is 18.1. The first-order valence-corrected chi connectivity index (χ1v) is 23.3. The van der Waals surface area contributed by atoms with E-state index in [0.29, 0.717) is 42.0 Å². The van der Waals surface area contributed by atoms with Gasteiger partial charge in [0.05, 0.1) is 39.9 Å². The van der Waals surface area contributed by atoms with Crippen LogP contribution in [-0.2, 0) is 38.9 Å². The van der Waals surface area contributed by atoms with E-state index in [1.807, 2.05) is 63.7 Å². The molecule has 1 aliphatic heterocycles. The number of nitrogens with zero attached hydrogens (tertiary/aromatic N) is 5. The summed E-state index contributed by atoms with van der Waals surface area (Å²) in [5, 5.41) is 25.3. The molecule has 0 unspecified atom stereocenters. The molecule has 67 heavy (non-hydrogen) atoms. The first kappa shape index (κ1) is 48.8. The highest BCUT2D eigenvalue weighted by Gasteiger charge is 2.44. The van der Waals surface area contributed by atoms with Crippen LogP contribution in [0.15, 0.2) is 78.4 Å². The summed E-state index contributed by atoms with van der Waals surface area (Å²) >= 11 is 1.57. The van der Waals surface area contributed by atoms with Gasteiger partial charge in [-0.3, -0.25) is 28.4 Å². The number of ether oxygens (including phenoxy) is 1. The summed E-state index contributed by atoms with van der Waals surface area (Å²) < 4.78 is 48.8. The van der Waals surface area contributed by atoms with Crippen molar-refractivity contribution in [3.63, 3.8) is 0 Å². The lowest BCUT2D eigenvalue weighted by atomic mass is 9.85. The minimum Gasteiger partial charge on any atom is -0.391 e. The summed E-state index contributed by atoms with van der Waals surface area (Å²) in [5.41, 5.74) is 5.49. The number of hydrogen-bond donors (Lipinski definition) is 4. The van der Waals surface area contributed by atoms with Crippen LogP contribution in [0.3, 0.4) is 0 Å². The molecule has 1 fully saturated rings. The summed E-state index contributed by atoms with van der Waals surface area (Å²) in [4.78, 5) is 60.5. The van der Waals surface area contributed by atoms with Crippen LogP contribution < -0.4 is 16.0 Å². The molecule has 14 nitrogen and oxygen atoms in total. The average molecular weight is 943 g/mol. The van der Waals surface area contributed by atoms with Gasteiger partial charge in [0.2, 0.25) is 17.7 Å². The maximum Gasteiger partial charge on any atom is 0.416 e. The lowest BCUT2D eigenvalue weighted by Gasteiger charge is -2.35. The van der Waals surface area contributed by atoms with Crippen molar-refractivity contribution < 1.29 is 42.2 Å². The summed E-state index contributed by atoms with van der Waals surface area (Å²) in [6.07, 6.45) is -0.240. The Hall–Kier alpha value is -6.11. The van der Waals surface area contributed by atoms with Crippen molar-refractivity contribution in [1.82, 2.24) is 40.2 Å². The fourth-order valence-electron chi connectivity index (χ4n) is 8.39. The highest BCUT2D eigenvalue weighted by molar-refractivity contribution is 7.13. The molecule has 7 rings (SSSR count). The van der Waals surface area contributed by atoms with Crippen LogP contribution >= 0.6 is 11.3 Å². The van der Waals surface area contributed by atoms with E-state index < -0.39 is 41.2 Å².